The molecule has 0 spiro atoms. The first-order valence-electron chi connectivity index (χ1n) is 5.59. The fourth-order valence-electron chi connectivity index (χ4n) is 1.75. The van der Waals surface area contributed by atoms with Gasteiger partial charge in [-0.25, -0.2) is 0 Å². The Labute approximate surface area is 103 Å². The summed E-state index contributed by atoms with van der Waals surface area (Å²) in [7, 11) is 0. The van der Waals surface area contributed by atoms with Gasteiger partial charge in [-0.2, -0.15) is 4.39 Å². The molecule has 1 fully saturated rings. The standard InChI is InChI=1S/C11H13FN2O4/c12-7-5-10(8(13)6-9(7)14(15)16)18-11-3-1-2-4-17-11/h5-6,11H,1-4,13H2. The molecule has 1 saturated heterocycles. The molecule has 2 rings (SSSR count). The van der Waals surface area contributed by atoms with Crippen molar-refractivity contribution < 1.29 is 18.8 Å². The Bertz CT molecular complexity index is 461. The molecule has 1 heterocycles. The van der Waals surface area contributed by atoms with Crippen molar-refractivity contribution in [2.75, 3.05) is 12.3 Å². The highest BCUT2D eigenvalue weighted by atomic mass is 19.1. The first-order chi connectivity index (χ1) is 8.58. The SMILES string of the molecule is Nc1cc([N+](=O)[O-])c(F)cc1OC1CCCCO1. The van der Waals surface area contributed by atoms with Crippen molar-refractivity contribution in [3.05, 3.63) is 28.1 Å². The zero-order chi connectivity index (χ0) is 13.1. The van der Waals surface area contributed by atoms with Gasteiger partial charge < -0.3 is 15.2 Å². The van der Waals surface area contributed by atoms with Gasteiger partial charge in [0.15, 0.2) is 6.29 Å². The largest absolute Gasteiger partial charge is 0.463 e. The van der Waals surface area contributed by atoms with Gasteiger partial charge in [0, 0.05) is 18.6 Å². The molecule has 0 aliphatic carbocycles. The lowest BCUT2D eigenvalue weighted by Gasteiger charge is -2.24. The van der Waals surface area contributed by atoms with Gasteiger partial charge in [0.2, 0.25) is 5.82 Å². The van der Waals surface area contributed by atoms with Crippen LogP contribution in [-0.2, 0) is 4.74 Å². The van der Waals surface area contributed by atoms with E-state index in [0.717, 1.165) is 25.0 Å². The topological polar surface area (TPSA) is 87.6 Å². The fourth-order valence-corrected chi connectivity index (χ4v) is 1.75. The van der Waals surface area contributed by atoms with Crippen molar-refractivity contribution in [2.45, 2.75) is 25.6 Å². The zero-order valence-electron chi connectivity index (χ0n) is 9.60. The molecule has 1 aromatic carbocycles. The maximum Gasteiger partial charge on any atom is 0.307 e. The van der Waals surface area contributed by atoms with Gasteiger partial charge in [-0.05, 0) is 12.8 Å². The lowest BCUT2D eigenvalue weighted by Crippen LogP contribution is -2.25. The highest BCUT2D eigenvalue weighted by Gasteiger charge is 2.21. The molecule has 0 aromatic heterocycles. The van der Waals surface area contributed by atoms with Gasteiger partial charge in [0.25, 0.3) is 0 Å². The minimum Gasteiger partial charge on any atom is -0.463 e. The number of ether oxygens (including phenoxy) is 2. The van der Waals surface area contributed by atoms with Crippen molar-refractivity contribution >= 4 is 11.4 Å². The van der Waals surface area contributed by atoms with Crippen molar-refractivity contribution in [3.63, 3.8) is 0 Å². The van der Waals surface area contributed by atoms with Crippen LogP contribution in [0, 0.1) is 15.9 Å². The molecule has 7 heteroatoms. The van der Waals surface area contributed by atoms with Gasteiger partial charge in [0.05, 0.1) is 17.2 Å². The summed E-state index contributed by atoms with van der Waals surface area (Å²) in [5.74, 6) is -0.898. The number of nitrogen functional groups attached to an aromatic ring is 1. The molecule has 98 valence electrons. The summed E-state index contributed by atoms with van der Waals surface area (Å²) >= 11 is 0. The number of nitrogens with two attached hydrogens (primary N) is 1. The Morgan fingerprint density at radius 2 is 2.28 bits per heavy atom. The predicted octanol–water partition coefficient (Wildman–Crippen LogP) is 2.22. The molecule has 1 unspecified atom stereocenters. The minimum atomic E-state index is -0.972. The van der Waals surface area contributed by atoms with Crippen molar-refractivity contribution in [2.24, 2.45) is 0 Å². The molecule has 1 aromatic rings. The molecule has 18 heavy (non-hydrogen) atoms. The van der Waals surface area contributed by atoms with Crippen LogP contribution in [-0.4, -0.2) is 17.8 Å². The van der Waals surface area contributed by atoms with Crippen molar-refractivity contribution in [1.29, 1.82) is 0 Å². The number of halogens is 1. The smallest absolute Gasteiger partial charge is 0.307 e. The van der Waals surface area contributed by atoms with E-state index >= 15 is 0 Å². The lowest BCUT2D eigenvalue weighted by molar-refractivity contribution is -0.387. The van der Waals surface area contributed by atoms with E-state index in [-0.39, 0.29) is 11.4 Å². The molecule has 0 bridgehead atoms. The maximum absolute atomic E-state index is 13.4. The van der Waals surface area contributed by atoms with Crippen LogP contribution in [0.5, 0.6) is 5.75 Å². The number of rotatable bonds is 3. The monoisotopic (exact) mass is 256 g/mol. The van der Waals surface area contributed by atoms with E-state index in [1.54, 1.807) is 0 Å². The second-order valence-corrected chi connectivity index (χ2v) is 4.01. The third-order valence-electron chi connectivity index (χ3n) is 2.67. The third-order valence-corrected chi connectivity index (χ3v) is 2.67. The average Bonchev–Trinajstić information content (AvgIpc) is 2.34. The van der Waals surface area contributed by atoms with E-state index in [2.05, 4.69) is 0 Å². The summed E-state index contributed by atoms with van der Waals surface area (Å²) in [6, 6.07) is 1.87. The molecule has 1 atom stereocenters. The van der Waals surface area contributed by atoms with E-state index in [1.807, 2.05) is 0 Å². The maximum atomic E-state index is 13.4. The van der Waals surface area contributed by atoms with Crippen LogP contribution in [0.4, 0.5) is 15.8 Å². The van der Waals surface area contributed by atoms with Crippen LogP contribution in [0.2, 0.25) is 0 Å². The fraction of sp³-hybridized carbons (Fsp3) is 0.455. The number of hydrogen-bond acceptors (Lipinski definition) is 5. The van der Waals surface area contributed by atoms with Crippen LogP contribution in [0.25, 0.3) is 0 Å². The van der Waals surface area contributed by atoms with Gasteiger partial charge in [-0.1, -0.05) is 0 Å². The first-order valence-corrected chi connectivity index (χ1v) is 5.59. The summed E-state index contributed by atoms with van der Waals surface area (Å²) in [6.07, 6.45) is 2.14. The third kappa shape index (κ3) is 2.67. The highest BCUT2D eigenvalue weighted by Crippen LogP contribution is 2.31. The molecule has 2 N–H and O–H groups in total. The number of anilines is 1. The van der Waals surface area contributed by atoms with E-state index in [9.17, 15) is 14.5 Å². The molecule has 0 radical (unpaired) electrons. The second kappa shape index (κ2) is 5.18. The Kier molecular flexibility index (Phi) is 3.61. The quantitative estimate of drug-likeness (QED) is 0.509. The normalized spacial score (nSPS) is 19.5. The van der Waals surface area contributed by atoms with E-state index in [4.69, 9.17) is 15.2 Å². The Balaban J connectivity index is 2.18. The number of nitro groups is 1. The van der Waals surface area contributed by atoms with Crippen LogP contribution in [0.15, 0.2) is 12.1 Å². The first kappa shape index (κ1) is 12.6. The van der Waals surface area contributed by atoms with Gasteiger partial charge in [-0.15, -0.1) is 0 Å². The molecular formula is C11H13FN2O4. The molecule has 0 saturated carbocycles. The number of nitrogens with zero attached hydrogens (tertiary/aromatic N) is 1. The molecular weight excluding hydrogens is 243 g/mol. The average molecular weight is 256 g/mol. The Hall–Kier alpha value is -1.89. The Morgan fingerprint density at radius 3 is 2.89 bits per heavy atom. The van der Waals surface area contributed by atoms with E-state index in [0.29, 0.717) is 13.0 Å². The van der Waals surface area contributed by atoms with E-state index in [1.165, 1.54) is 0 Å². The van der Waals surface area contributed by atoms with Crippen LogP contribution < -0.4 is 10.5 Å². The minimum absolute atomic E-state index is 0.0253. The summed E-state index contributed by atoms with van der Waals surface area (Å²) in [5.41, 5.74) is 4.96. The van der Waals surface area contributed by atoms with E-state index < -0.39 is 22.7 Å². The van der Waals surface area contributed by atoms with Gasteiger partial charge in [0.1, 0.15) is 5.75 Å². The van der Waals surface area contributed by atoms with Crippen LogP contribution in [0.3, 0.4) is 0 Å². The van der Waals surface area contributed by atoms with Gasteiger partial charge >= 0.3 is 5.69 Å². The molecule has 1 aliphatic heterocycles. The molecule has 0 amide bonds. The molecule has 1 aliphatic rings. The van der Waals surface area contributed by atoms with Crippen molar-refractivity contribution in [1.82, 2.24) is 0 Å². The number of hydrogen-bond donors (Lipinski definition) is 1. The lowest BCUT2D eigenvalue weighted by atomic mass is 10.2. The summed E-state index contributed by atoms with van der Waals surface area (Å²) in [5, 5.41) is 10.5. The Morgan fingerprint density at radius 1 is 1.50 bits per heavy atom. The van der Waals surface area contributed by atoms with Crippen LogP contribution in [0.1, 0.15) is 19.3 Å². The summed E-state index contributed by atoms with van der Waals surface area (Å²) in [4.78, 5) is 9.69. The highest BCUT2D eigenvalue weighted by molar-refractivity contribution is 5.59. The summed E-state index contributed by atoms with van der Waals surface area (Å²) in [6.45, 7) is 0.583. The second-order valence-electron chi connectivity index (χ2n) is 4.01. The number of nitro benzene ring substituents is 1. The number of benzene rings is 1. The molecule has 6 nitrogen and oxygen atoms in total. The van der Waals surface area contributed by atoms with Crippen molar-refractivity contribution in [3.8, 4) is 5.75 Å². The predicted molar refractivity (Wildman–Crippen MR) is 61.7 cm³/mol. The summed E-state index contributed by atoms with van der Waals surface area (Å²) < 4.78 is 24.1. The zero-order valence-corrected chi connectivity index (χ0v) is 9.60. The van der Waals surface area contributed by atoms with Crippen LogP contribution >= 0.6 is 0 Å². The van der Waals surface area contributed by atoms with Gasteiger partial charge in [-0.3, -0.25) is 10.1 Å².